The van der Waals surface area contributed by atoms with Gasteiger partial charge in [-0.3, -0.25) is 4.79 Å². The van der Waals surface area contributed by atoms with Gasteiger partial charge in [-0.05, 0) is 45.4 Å². The molecular formula is C23H27NO3. The van der Waals surface area contributed by atoms with E-state index in [4.69, 9.17) is 9.47 Å². The molecule has 1 heterocycles. The summed E-state index contributed by atoms with van der Waals surface area (Å²) in [4.78, 5) is 13.3. The molecule has 0 aliphatic rings. The molecule has 3 aromatic rings. The predicted molar refractivity (Wildman–Crippen MR) is 109 cm³/mol. The highest BCUT2D eigenvalue weighted by molar-refractivity contribution is 6.17. The van der Waals surface area contributed by atoms with E-state index in [1.54, 1.807) is 7.11 Å². The number of carbonyl (C=O) groups is 1. The van der Waals surface area contributed by atoms with Crippen LogP contribution in [0.2, 0.25) is 0 Å². The van der Waals surface area contributed by atoms with Crippen LogP contribution in [-0.4, -0.2) is 30.7 Å². The molecule has 4 nitrogen and oxygen atoms in total. The van der Waals surface area contributed by atoms with E-state index in [0.717, 1.165) is 34.3 Å². The lowest BCUT2D eigenvalue weighted by atomic mass is 10.0. The zero-order valence-corrected chi connectivity index (χ0v) is 16.5. The van der Waals surface area contributed by atoms with Crippen molar-refractivity contribution in [2.24, 2.45) is 0 Å². The zero-order valence-electron chi connectivity index (χ0n) is 16.5. The Labute approximate surface area is 160 Å². The van der Waals surface area contributed by atoms with Gasteiger partial charge in [0.15, 0.2) is 5.78 Å². The molecule has 4 heteroatoms. The fourth-order valence-electron chi connectivity index (χ4n) is 3.66. The average Bonchev–Trinajstić information content (AvgIpc) is 2.99. The van der Waals surface area contributed by atoms with Crippen molar-refractivity contribution in [2.45, 2.75) is 33.2 Å². The Morgan fingerprint density at radius 2 is 1.89 bits per heavy atom. The number of nitrogens with zero attached hydrogens (tertiary/aromatic N) is 1. The van der Waals surface area contributed by atoms with Crippen molar-refractivity contribution in [2.75, 3.05) is 20.3 Å². The summed E-state index contributed by atoms with van der Waals surface area (Å²) in [6, 6.07) is 15.6. The minimum absolute atomic E-state index is 0.0436. The first-order valence-electron chi connectivity index (χ1n) is 9.44. The van der Waals surface area contributed by atoms with Crippen LogP contribution in [0, 0.1) is 6.92 Å². The quantitative estimate of drug-likeness (QED) is 0.408. The van der Waals surface area contributed by atoms with Crippen molar-refractivity contribution in [1.82, 2.24) is 4.57 Å². The Morgan fingerprint density at radius 1 is 1.15 bits per heavy atom. The van der Waals surface area contributed by atoms with E-state index in [1.807, 2.05) is 62.4 Å². The lowest BCUT2D eigenvalue weighted by Gasteiger charge is -2.18. The van der Waals surface area contributed by atoms with Crippen molar-refractivity contribution >= 4 is 16.7 Å². The normalized spacial score (nSPS) is 12.3. The Bertz CT molecular complexity index is 928. The number of aromatic nitrogens is 1. The Morgan fingerprint density at radius 3 is 2.56 bits per heavy atom. The third-order valence-electron chi connectivity index (χ3n) is 5.04. The highest BCUT2D eigenvalue weighted by atomic mass is 16.5. The summed E-state index contributed by atoms with van der Waals surface area (Å²) >= 11 is 0. The second-order valence-electron chi connectivity index (χ2n) is 6.74. The lowest BCUT2D eigenvalue weighted by molar-refractivity contribution is 0.103. The third kappa shape index (κ3) is 3.76. The molecule has 2 aromatic carbocycles. The van der Waals surface area contributed by atoms with Gasteiger partial charge in [-0.2, -0.15) is 0 Å². The van der Waals surface area contributed by atoms with Gasteiger partial charge in [0.1, 0.15) is 5.75 Å². The van der Waals surface area contributed by atoms with Gasteiger partial charge in [0, 0.05) is 41.4 Å². The lowest BCUT2D eigenvalue weighted by Crippen LogP contribution is -2.11. The van der Waals surface area contributed by atoms with E-state index >= 15 is 0 Å². The molecule has 0 aliphatic carbocycles. The Hall–Kier alpha value is -2.59. The highest BCUT2D eigenvalue weighted by Crippen LogP contribution is 2.34. The maximum absolute atomic E-state index is 13.3. The van der Waals surface area contributed by atoms with Gasteiger partial charge in [0.2, 0.25) is 0 Å². The molecule has 0 aliphatic heterocycles. The molecule has 1 aromatic heterocycles. The van der Waals surface area contributed by atoms with Crippen molar-refractivity contribution in [3.63, 3.8) is 0 Å². The van der Waals surface area contributed by atoms with E-state index in [0.29, 0.717) is 18.8 Å². The molecule has 0 N–H and O–H groups in total. The van der Waals surface area contributed by atoms with Gasteiger partial charge >= 0.3 is 0 Å². The summed E-state index contributed by atoms with van der Waals surface area (Å²) in [5.41, 5.74) is 3.48. The van der Waals surface area contributed by atoms with Crippen LogP contribution in [0.5, 0.6) is 5.75 Å². The number of methoxy groups -OCH3 is 1. The maximum Gasteiger partial charge on any atom is 0.195 e. The molecule has 0 spiro atoms. The number of hydrogen-bond donors (Lipinski definition) is 0. The van der Waals surface area contributed by atoms with Gasteiger partial charge < -0.3 is 14.0 Å². The van der Waals surface area contributed by atoms with Crippen LogP contribution in [0.15, 0.2) is 48.5 Å². The Balaban J connectivity index is 2.14. The van der Waals surface area contributed by atoms with Crippen LogP contribution in [0.25, 0.3) is 10.9 Å². The van der Waals surface area contributed by atoms with Gasteiger partial charge in [0.05, 0.1) is 12.7 Å². The summed E-state index contributed by atoms with van der Waals surface area (Å²) in [5.74, 6) is 0.797. The van der Waals surface area contributed by atoms with Gasteiger partial charge in [0.25, 0.3) is 0 Å². The van der Waals surface area contributed by atoms with Crippen molar-refractivity contribution in [3.8, 4) is 5.75 Å². The van der Waals surface area contributed by atoms with Crippen LogP contribution in [0.3, 0.4) is 0 Å². The molecular weight excluding hydrogens is 338 g/mol. The molecule has 0 radical (unpaired) electrons. The van der Waals surface area contributed by atoms with E-state index in [1.165, 1.54) is 0 Å². The molecule has 0 bridgehead atoms. The van der Waals surface area contributed by atoms with E-state index in [9.17, 15) is 4.79 Å². The van der Waals surface area contributed by atoms with Crippen molar-refractivity contribution in [1.29, 1.82) is 0 Å². The smallest absolute Gasteiger partial charge is 0.195 e. The monoisotopic (exact) mass is 365 g/mol. The fourth-order valence-corrected chi connectivity index (χ4v) is 3.66. The number of ketones is 1. The first kappa shape index (κ1) is 19.2. The predicted octanol–water partition coefficient (Wildman–Crippen LogP) is 5.18. The second kappa shape index (κ2) is 8.40. The first-order chi connectivity index (χ1) is 13.1. The largest absolute Gasteiger partial charge is 0.497 e. The summed E-state index contributed by atoms with van der Waals surface area (Å²) in [6.45, 7) is 7.62. The topological polar surface area (TPSA) is 40.5 Å². The summed E-state index contributed by atoms with van der Waals surface area (Å²) < 4.78 is 13.2. The van der Waals surface area contributed by atoms with Crippen molar-refractivity contribution in [3.05, 3.63) is 65.4 Å². The molecule has 3 rings (SSSR count). The number of benzene rings is 2. The van der Waals surface area contributed by atoms with Gasteiger partial charge in [-0.15, -0.1) is 0 Å². The average molecular weight is 365 g/mol. The van der Waals surface area contributed by atoms with Crippen LogP contribution < -0.4 is 4.74 Å². The number of hydrogen-bond acceptors (Lipinski definition) is 3. The van der Waals surface area contributed by atoms with Crippen LogP contribution in [0.1, 0.15) is 47.9 Å². The third-order valence-corrected chi connectivity index (χ3v) is 5.04. The van der Waals surface area contributed by atoms with E-state index in [2.05, 4.69) is 11.5 Å². The molecule has 1 unspecified atom stereocenters. The molecule has 0 amide bonds. The summed E-state index contributed by atoms with van der Waals surface area (Å²) in [6.07, 6.45) is 0.892. The fraction of sp³-hybridized carbons (Fsp3) is 0.348. The summed E-state index contributed by atoms with van der Waals surface area (Å²) in [5, 5.41) is 0.934. The standard InChI is InChI=1S/C23H27NO3/c1-5-27-14-13-16(2)24-17(3)22(23(25)18-9-7-6-8-10-18)20-15-19(26-4)11-12-21(20)24/h6-12,15-16H,5,13-14H2,1-4H3. The number of carbonyl (C=O) groups excluding carboxylic acids is 1. The zero-order chi connectivity index (χ0) is 19.4. The molecule has 27 heavy (non-hydrogen) atoms. The maximum atomic E-state index is 13.3. The molecule has 1 atom stereocenters. The number of fused-ring (bicyclic) bond motifs is 1. The van der Waals surface area contributed by atoms with Crippen LogP contribution in [0.4, 0.5) is 0 Å². The molecule has 0 saturated heterocycles. The van der Waals surface area contributed by atoms with Crippen molar-refractivity contribution < 1.29 is 14.3 Å². The summed E-state index contributed by atoms with van der Waals surface area (Å²) in [7, 11) is 1.65. The minimum atomic E-state index is 0.0436. The number of ether oxygens (including phenoxy) is 2. The minimum Gasteiger partial charge on any atom is -0.497 e. The highest BCUT2D eigenvalue weighted by Gasteiger charge is 2.23. The molecule has 142 valence electrons. The Kier molecular flexibility index (Phi) is 5.97. The van der Waals surface area contributed by atoms with Crippen LogP contribution in [-0.2, 0) is 4.74 Å². The van der Waals surface area contributed by atoms with Gasteiger partial charge in [-0.25, -0.2) is 0 Å². The molecule has 0 saturated carbocycles. The second-order valence-corrected chi connectivity index (χ2v) is 6.74. The first-order valence-corrected chi connectivity index (χ1v) is 9.44. The SMILES string of the molecule is CCOCCC(C)n1c(C)c(C(=O)c2ccccc2)c2cc(OC)ccc21. The van der Waals surface area contributed by atoms with E-state index in [-0.39, 0.29) is 11.8 Å². The van der Waals surface area contributed by atoms with Gasteiger partial charge in [-0.1, -0.05) is 30.3 Å². The van der Waals surface area contributed by atoms with E-state index < -0.39 is 0 Å². The van der Waals surface area contributed by atoms with Crippen LogP contribution >= 0.6 is 0 Å². The number of rotatable bonds is 8. The molecule has 0 fully saturated rings.